The molecule has 0 spiro atoms. The van der Waals surface area contributed by atoms with Crippen LogP contribution in [-0.4, -0.2) is 74.9 Å². The topological polar surface area (TPSA) is 108 Å². The molecular weight excluding hydrogens is 1210 g/mol. The standard InChI is InChI=1S/C86H150NO8P/c1-6-8-10-12-14-16-18-20-22-24-26-28-30-32-34-36-38-40-41-42-43-44-45-47-49-51-53-55-57-59-61-63-65-67-69-71-73-75-77-79-86(89)95-84(83-94-96(90,91)93-81-80-87(3,4)5)82-92-85(88)78-76-74-72-70-68-66-64-62-60-58-56-54-52-50-48-46-39-37-35-33-31-29-27-25-23-21-19-17-15-13-11-9-7-2/h8,10,14,16,19-22,25-28,31-34,38,40,42-43,45,47,84H,6-7,9,11-13,15,17-18,23-24,29-30,35-37,39,41,44,46,48-83H2,1-5H3/p+1/b10-8-,16-14-,21-19-,22-20-,27-25-,28-26-,33-31-,34-32-,40-38-,43-42-,47-45-. The fourth-order valence-electron chi connectivity index (χ4n) is 11.1. The summed E-state index contributed by atoms with van der Waals surface area (Å²) in [5, 5.41) is 0. The summed E-state index contributed by atoms with van der Waals surface area (Å²) in [5.74, 6) is -0.790. The van der Waals surface area contributed by atoms with Crippen molar-refractivity contribution in [3.8, 4) is 0 Å². The van der Waals surface area contributed by atoms with Crippen LogP contribution in [0.4, 0.5) is 0 Å². The number of carbonyl (C=O) groups excluding carboxylic acids is 2. The van der Waals surface area contributed by atoms with Crippen molar-refractivity contribution in [2.45, 2.75) is 354 Å². The minimum atomic E-state index is -4.40. The van der Waals surface area contributed by atoms with E-state index in [0.717, 1.165) is 103 Å². The molecule has 0 heterocycles. The van der Waals surface area contributed by atoms with Crippen molar-refractivity contribution in [3.05, 3.63) is 134 Å². The fourth-order valence-corrected chi connectivity index (χ4v) is 11.8. The van der Waals surface area contributed by atoms with Gasteiger partial charge in [0.1, 0.15) is 19.8 Å². The van der Waals surface area contributed by atoms with Gasteiger partial charge in [-0.2, -0.15) is 0 Å². The molecule has 2 atom stereocenters. The molecule has 0 bridgehead atoms. The zero-order valence-corrected chi connectivity index (χ0v) is 64.0. The van der Waals surface area contributed by atoms with Crippen LogP contribution in [0.1, 0.15) is 348 Å². The Balaban J connectivity index is 3.99. The zero-order chi connectivity index (χ0) is 69.7. The van der Waals surface area contributed by atoms with Gasteiger partial charge in [-0.15, -0.1) is 0 Å². The van der Waals surface area contributed by atoms with Crippen LogP contribution in [0.25, 0.3) is 0 Å². The molecule has 9 nitrogen and oxygen atoms in total. The summed E-state index contributed by atoms with van der Waals surface area (Å²) in [4.78, 5) is 36.0. The van der Waals surface area contributed by atoms with E-state index in [1.807, 2.05) is 21.1 Å². The first-order valence-corrected chi connectivity index (χ1v) is 41.4. The van der Waals surface area contributed by atoms with E-state index >= 15 is 0 Å². The quantitative estimate of drug-likeness (QED) is 0.0211. The smallest absolute Gasteiger partial charge is 0.462 e. The van der Waals surface area contributed by atoms with Gasteiger partial charge in [-0.25, -0.2) is 4.57 Å². The van der Waals surface area contributed by atoms with Gasteiger partial charge in [0.05, 0.1) is 27.7 Å². The van der Waals surface area contributed by atoms with Gasteiger partial charge in [0, 0.05) is 12.8 Å². The Morgan fingerprint density at radius 2 is 0.594 bits per heavy atom. The lowest BCUT2D eigenvalue weighted by molar-refractivity contribution is -0.870. The molecule has 0 fully saturated rings. The van der Waals surface area contributed by atoms with Gasteiger partial charge >= 0.3 is 19.8 Å². The molecule has 0 aromatic heterocycles. The summed E-state index contributed by atoms with van der Waals surface area (Å²) in [5.41, 5.74) is 0. The molecule has 0 saturated carbocycles. The number of likely N-dealkylation sites (N-methyl/N-ethyl adjacent to an activating group) is 1. The van der Waals surface area contributed by atoms with E-state index in [0.29, 0.717) is 17.4 Å². The van der Waals surface area contributed by atoms with Gasteiger partial charge in [0.15, 0.2) is 6.10 Å². The number of allylic oxidation sites excluding steroid dienone is 22. The Kier molecular flexibility index (Phi) is 72.3. The highest BCUT2D eigenvalue weighted by molar-refractivity contribution is 7.47. The first kappa shape index (κ1) is 92.2. The predicted octanol–water partition coefficient (Wildman–Crippen LogP) is 26.7. The highest BCUT2D eigenvalue weighted by Crippen LogP contribution is 2.43. The molecule has 0 aromatic rings. The Labute approximate surface area is 593 Å². The van der Waals surface area contributed by atoms with E-state index < -0.39 is 26.5 Å². The third kappa shape index (κ3) is 79.1. The Bertz CT molecular complexity index is 2090. The number of esters is 2. The van der Waals surface area contributed by atoms with E-state index in [1.165, 1.54) is 212 Å². The second-order valence-corrected chi connectivity index (χ2v) is 29.2. The van der Waals surface area contributed by atoms with Crippen molar-refractivity contribution in [2.24, 2.45) is 0 Å². The van der Waals surface area contributed by atoms with Crippen LogP contribution in [0.3, 0.4) is 0 Å². The molecule has 0 aromatic carbocycles. The number of ether oxygens (including phenoxy) is 2. The first-order chi connectivity index (χ1) is 47.0. The van der Waals surface area contributed by atoms with E-state index in [9.17, 15) is 19.0 Å². The molecule has 2 unspecified atom stereocenters. The molecule has 552 valence electrons. The summed E-state index contributed by atoms with van der Waals surface area (Å²) in [6.07, 6.45) is 110. The van der Waals surface area contributed by atoms with E-state index in [1.54, 1.807) is 0 Å². The molecule has 0 amide bonds. The molecular formula is C86H151NO8P+. The maximum Gasteiger partial charge on any atom is 0.472 e. The highest BCUT2D eigenvalue weighted by atomic mass is 31.2. The Morgan fingerprint density at radius 3 is 0.885 bits per heavy atom. The number of rotatable bonds is 73. The van der Waals surface area contributed by atoms with Crippen LogP contribution in [0, 0.1) is 0 Å². The summed E-state index contributed by atoms with van der Waals surface area (Å²) < 4.78 is 34.8. The van der Waals surface area contributed by atoms with Crippen molar-refractivity contribution in [2.75, 3.05) is 47.5 Å². The van der Waals surface area contributed by atoms with Crippen LogP contribution in [0.2, 0.25) is 0 Å². The highest BCUT2D eigenvalue weighted by Gasteiger charge is 2.27. The molecule has 1 N–H and O–H groups in total. The third-order valence-electron chi connectivity index (χ3n) is 17.2. The summed E-state index contributed by atoms with van der Waals surface area (Å²) >= 11 is 0. The SMILES string of the molecule is CC/C=C\C/C=C\C/C=C\C/C=C\C/C=C\C/C=C\C/C=C\C/C=C\CCCCCCCCCCCCCCCCC(=O)OC(COC(=O)CCCCCCCCCCCCCCCCCCCC/C=C\C/C=C\C/C=C\CCCCCCC)COP(=O)(O)OCC[N+](C)(C)C. The van der Waals surface area contributed by atoms with Crippen molar-refractivity contribution in [3.63, 3.8) is 0 Å². The second kappa shape index (κ2) is 75.4. The largest absolute Gasteiger partial charge is 0.472 e. The second-order valence-electron chi connectivity index (χ2n) is 27.7. The van der Waals surface area contributed by atoms with Crippen molar-refractivity contribution in [1.29, 1.82) is 0 Å². The van der Waals surface area contributed by atoms with E-state index in [-0.39, 0.29) is 32.0 Å². The molecule has 0 rings (SSSR count). The number of unbranched alkanes of at least 4 members (excludes halogenated alkanes) is 37. The first-order valence-electron chi connectivity index (χ1n) is 39.9. The average Bonchev–Trinajstić information content (AvgIpc) is 1.98. The number of hydrogen-bond donors (Lipinski definition) is 1. The maximum absolute atomic E-state index is 12.9. The summed E-state index contributed by atoms with van der Waals surface area (Å²) in [7, 11) is 1.48. The predicted molar refractivity (Wildman–Crippen MR) is 417 cm³/mol. The molecule has 10 heteroatoms. The Hall–Kier alpha value is -3.85. The van der Waals surface area contributed by atoms with Crippen LogP contribution in [-0.2, 0) is 32.7 Å². The minimum absolute atomic E-state index is 0.0283. The number of hydrogen-bond acceptors (Lipinski definition) is 7. The van der Waals surface area contributed by atoms with Crippen LogP contribution < -0.4 is 0 Å². The normalized spacial score (nSPS) is 13.8. The minimum Gasteiger partial charge on any atom is -0.462 e. The number of nitrogens with zero attached hydrogens (tertiary/aromatic N) is 1. The monoisotopic (exact) mass is 1360 g/mol. The van der Waals surface area contributed by atoms with E-state index in [2.05, 4.69) is 148 Å². The van der Waals surface area contributed by atoms with Gasteiger partial charge in [-0.1, -0.05) is 353 Å². The number of carbonyl (C=O) groups is 2. The van der Waals surface area contributed by atoms with Gasteiger partial charge in [-0.05, 0) is 116 Å². The molecule has 96 heavy (non-hydrogen) atoms. The van der Waals surface area contributed by atoms with Crippen LogP contribution >= 0.6 is 7.82 Å². The molecule has 0 radical (unpaired) electrons. The Morgan fingerprint density at radius 1 is 0.333 bits per heavy atom. The van der Waals surface area contributed by atoms with Gasteiger partial charge in [-0.3, -0.25) is 18.6 Å². The number of quaternary nitrogens is 1. The lowest BCUT2D eigenvalue weighted by Gasteiger charge is -2.24. The number of phosphoric acid groups is 1. The summed E-state index contributed by atoms with van der Waals surface area (Å²) in [6, 6.07) is 0. The van der Waals surface area contributed by atoms with E-state index in [4.69, 9.17) is 18.5 Å². The third-order valence-corrected chi connectivity index (χ3v) is 18.1. The lowest BCUT2D eigenvalue weighted by Crippen LogP contribution is -2.37. The lowest BCUT2D eigenvalue weighted by atomic mass is 10.0. The van der Waals surface area contributed by atoms with Gasteiger partial charge in [0.25, 0.3) is 0 Å². The maximum atomic E-state index is 12.9. The summed E-state index contributed by atoms with van der Waals surface area (Å²) in [6.45, 7) is 4.34. The average molecular weight is 1360 g/mol. The molecule has 0 aliphatic rings. The molecule has 0 aliphatic heterocycles. The van der Waals surface area contributed by atoms with Gasteiger partial charge < -0.3 is 18.9 Å². The molecule has 0 aliphatic carbocycles. The molecule has 0 saturated heterocycles. The van der Waals surface area contributed by atoms with Crippen molar-refractivity contribution < 1.29 is 42.1 Å². The van der Waals surface area contributed by atoms with Crippen LogP contribution in [0.15, 0.2) is 134 Å². The van der Waals surface area contributed by atoms with Crippen molar-refractivity contribution in [1.82, 2.24) is 0 Å². The fraction of sp³-hybridized carbons (Fsp3) is 0.721. The van der Waals surface area contributed by atoms with Crippen molar-refractivity contribution >= 4 is 19.8 Å². The zero-order valence-electron chi connectivity index (χ0n) is 63.1. The number of phosphoric ester groups is 1. The van der Waals surface area contributed by atoms with Crippen LogP contribution in [0.5, 0.6) is 0 Å². The van der Waals surface area contributed by atoms with Gasteiger partial charge in [0.2, 0.25) is 0 Å².